The Kier molecular flexibility index (Phi) is 5.12. The van der Waals surface area contributed by atoms with Gasteiger partial charge in [-0.15, -0.1) is 0 Å². The first kappa shape index (κ1) is 17.4. The Labute approximate surface area is 149 Å². The minimum atomic E-state index is -0.644. The maximum Gasteiger partial charge on any atom is 0.438 e. The molecule has 8 nitrogen and oxygen atoms in total. The lowest BCUT2D eigenvalue weighted by Crippen LogP contribution is -2.24. The zero-order chi connectivity index (χ0) is 18.5. The van der Waals surface area contributed by atoms with Crippen molar-refractivity contribution in [2.45, 2.75) is 25.8 Å². The lowest BCUT2D eigenvalue weighted by atomic mass is 10.1. The summed E-state index contributed by atoms with van der Waals surface area (Å²) in [7, 11) is 0. The molecule has 0 unspecified atom stereocenters. The standard InChI is InChI=1S/C18H19N5O3/c1-14(12-13-15-8-4-2-5-9-15)19-17-18(23(25)26)20-21(22(17)24)16-10-6-3-7-11-16/h2-11,14,24H,12-13H2,1H3/t14-/m0/s1. The first-order valence-corrected chi connectivity index (χ1v) is 8.25. The summed E-state index contributed by atoms with van der Waals surface area (Å²) >= 11 is 0. The molecular formula is C18H19N5O3. The van der Waals surface area contributed by atoms with Gasteiger partial charge in [0, 0.05) is 0 Å². The number of benzene rings is 2. The molecule has 0 fully saturated rings. The van der Waals surface area contributed by atoms with Crippen molar-refractivity contribution in [3.8, 4) is 5.69 Å². The lowest BCUT2D eigenvalue weighted by molar-refractivity contribution is -0.391. The normalized spacial score (nSPS) is 12.9. The molecule has 0 aliphatic heterocycles. The number of hydrogen-bond donors (Lipinski definition) is 1. The van der Waals surface area contributed by atoms with Gasteiger partial charge in [-0.1, -0.05) is 53.4 Å². The second kappa shape index (κ2) is 7.64. The van der Waals surface area contributed by atoms with Gasteiger partial charge in [0.25, 0.3) is 5.49 Å². The Morgan fingerprint density at radius 1 is 1.15 bits per heavy atom. The zero-order valence-corrected chi connectivity index (χ0v) is 14.3. The van der Waals surface area contributed by atoms with Crippen molar-refractivity contribution < 1.29 is 10.1 Å². The Balaban J connectivity index is 1.91. The first-order chi connectivity index (χ1) is 12.6. The van der Waals surface area contributed by atoms with Gasteiger partial charge in [-0.3, -0.25) is 4.99 Å². The van der Waals surface area contributed by atoms with Gasteiger partial charge in [0.05, 0.1) is 11.1 Å². The lowest BCUT2D eigenvalue weighted by Gasteiger charge is -2.05. The van der Waals surface area contributed by atoms with Crippen LogP contribution in [0.3, 0.4) is 0 Å². The van der Waals surface area contributed by atoms with E-state index in [4.69, 9.17) is 0 Å². The van der Waals surface area contributed by atoms with Crippen LogP contribution in [-0.4, -0.2) is 30.9 Å². The molecule has 3 rings (SSSR count). The van der Waals surface area contributed by atoms with Crippen molar-refractivity contribution in [2.24, 2.45) is 4.99 Å². The first-order valence-electron chi connectivity index (χ1n) is 8.25. The van der Waals surface area contributed by atoms with E-state index in [-0.39, 0.29) is 11.5 Å². The van der Waals surface area contributed by atoms with Crippen LogP contribution in [0.1, 0.15) is 18.9 Å². The summed E-state index contributed by atoms with van der Waals surface area (Å²) in [4.78, 5) is 16.7. The third-order valence-corrected chi connectivity index (χ3v) is 3.95. The molecule has 1 atom stereocenters. The predicted molar refractivity (Wildman–Crippen MR) is 95.2 cm³/mol. The van der Waals surface area contributed by atoms with Crippen molar-refractivity contribution in [1.29, 1.82) is 0 Å². The molecule has 134 valence electrons. The van der Waals surface area contributed by atoms with E-state index in [1.165, 1.54) is 5.56 Å². The SMILES string of the molecule is C[C@@H](CCc1ccccc1)N=c1c([N+](=O)[O-])nn(-c2ccccc2)n1O. The molecule has 0 amide bonds. The Morgan fingerprint density at radius 3 is 2.38 bits per heavy atom. The van der Waals surface area contributed by atoms with E-state index in [9.17, 15) is 15.3 Å². The van der Waals surface area contributed by atoms with E-state index in [2.05, 4.69) is 10.1 Å². The fourth-order valence-corrected chi connectivity index (χ4v) is 2.61. The average Bonchev–Trinajstić information content (AvgIpc) is 2.98. The Hall–Kier alpha value is -3.42. The van der Waals surface area contributed by atoms with Gasteiger partial charge in [0.1, 0.15) is 5.69 Å². The smallest absolute Gasteiger partial charge is 0.409 e. The predicted octanol–water partition coefficient (Wildman–Crippen LogP) is 2.74. The maximum absolute atomic E-state index is 11.3. The fourth-order valence-electron chi connectivity index (χ4n) is 2.61. The van der Waals surface area contributed by atoms with Crippen LogP contribution in [0.15, 0.2) is 65.7 Å². The highest BCUT2D eigenvalue weighted by Crippen LogP contribution is 2.10. The van der Waals surface area contributed by atoms with Gasteiger partial charge < -0.3 is 15.3 Å². The van der Waals surface area contributed by atoms with E-state index >= 15 is 0 Å². The number of nitro groups is 1. The number of rotatable bonds is 6. The summed E-state index contributed by atoms with van der Waals surface area (Å²) in [5.41, 5.74) is 1.50. The Bertz CT molecular complexity index is 948. The second-order valence-electron chi connectivity index (χ2n) is 5.92. The van der Waals surface area contributed by atoms with E-state index in [0.717, 1.165) is 11.2 Å². The number of aromatic nitrogens is 3. The van der Waals surface area contributed by atoms with Gasteiger partial charge >= 0.3 is 5.82 Å². The molecule has 1 heterocycles. The van der Waals surface area contributed by atoms with Crippen LogP contribution in [0.4, 0.5) is 5.82 Å². The molecule has 1 aromatic heterocycles. The number of para-hydroxylation sites is 1. The summed E-state index contributed by atoms with van der Waals surface area (Å²) < 4.78 is 0. The second-order valence-corrected chi connectivity index (χ2v) is 5.92. The van der Waals surface area contributed by atoms with Crippen LogP contribution < -0.4 is 5.49 Å². The van der Waals surface area contributed by atoms with Crippen molar-refractivity contribution in [2.75, 3.05) is 0 Å². The zero-order valence-electron chi connectivity index (χ0n) is 14.3. The minimum absolute atomic E-state index is 0.167. The molecule has 0 aliphatic carbocycles. The quantitative estimate of drug-likeness (QED) is 0.418. The number of nitrogens with zero attached hydrogens (tertiary/aromatic N) is 5. The molecule has 3 aromatic rings. The summed E-state index contributed by atoms with van der Waals surface area (Å²) in [5.74, 6) is -0.483. The van der Waals surface area contributed by atoms with Gasteiger partial charge in [-0.05, 0) is 47.2 Å². The van der Waals surface area contributed by atoms with Crippen LogP contribution >= 0.6 is 0 Å². The number of hydrogen-bond acceptors (Lipinski definition) is 5. The van der Waals surface area contributed by atoms with Crippen molar-refractivity contribution in [3.63, 3.8) is 0 Å². The van der Waals surface area contributed by atoms with Gasteiger partial charge in [-0.2, -0.15) is 0 Å². The molecule has 2 aromatic carbocycles. The summed E-state index contributed by atoms with van der Waals surface area (Å²) in [6.07, 6.45) is 1.48. The summed E-state index contributed by atoms with van der Waals surface area (Å²) in [5, 5.41) is 25.6. The van der Waals surface area contributed by atoms with Crippen LogP contribution in [0.5, 0.6) is 0 Å². The monoisotopic (exact) mass is 353 g/mol. The maximum atomic E-state index is 11.3. The summed E-state index contributed by atoms with van der Waals surface area (Å²) in [6, 6.07) is 18.4. The van der Waals surface area contributed by atoms with Crippen molar-refractivity contribution >= 4 is 5.82 Å². The van der Waals surface area contributed by atoms with Crippen molar-refractivity contribution in [1.82, 2.24) is 14.7 Å². The number of aryl methyl sites for hydroxylation is 1. The molecule has 0 aliphatic rings. The van der Waals surface area contributed by atoms with E-state index in [1.807, 2.05) is 37.3 Å². The van der Waals surface area contributed by atoms with E-state index in [0.29, 0.717) is 17.0 Å². The van der Waals surface area contributed by atoms with E-state index in [1.54, 1.807) is 30.3 Å². The largest absolute Gasteiger partial charge is 0.438 e. The van der Waals surface area contributed by atoms with Crippen LogP contribution in [-0.2, 0) is 6.42 Å². The molecule has 0 radical (unpaired) electrons. The molecule has 8 heteroatoms. The average molecular weight is 353 g/mol. The molecule has 0 bridgehead atoms. The topological polar surface area (TPSA) is 98.5 Å². The highest BCUT2D eigenvalue weighted by Gasteiger charge is 2.24. The molecular weight excluding hydrogens is 334 g/mol. The molecule has 26 heavy (non-hydrogen) atoms. The van der Waals surface area contributed by atoms with Gasteiger partial charge in [-0.25, -0.2) is 0 Å². The molecule has 1 N–H and O–H groups in total. The van der Waals surface area contributed by atoms with Crippen LogP contribution in [0.25, 0.3) is 5.69 Å². The Morgan fingerprint density at radius 2 is 1.77 bits per heavy atom. The van der Waals surface area contributed by atoms with Crippen LogP contribution in [0.2, 0.25) is 0 Å². The van der Waals surface area contributed by atoms with Crippen LogP contribution in [0, 0.1) is 10.1 Å². The highest BCUT2D eigenvalue weighted by molar-refractivity contribution is 5.29. The minimum Gasteiger partial charge on any atom is -0.409 e. The molecule has 0 saturated heterocycles. The van der Waals surface area contributed by atoms with Gasteiger partial charge in [0.2, 0.25) is 0 Å². The highest BCUT2D eigenvalue weighted by atomic mass is 16.6. The van der Waals surface area contributed by atoms with Gasteiger partial charge in [0.15, 0.2) is 0 Å². The van der Waals surface area contributed by atoms with Crippen molar-refractivity contribution in [3.05, 3.63) is 81.8 Å². The van der Waals surface area contributed by atoms with E-state index < -0.39 is 10.7 Å². The third-order valence-electron chi connectivity index (χ3n) is 3.95. The molecule has 0 spiro atoms. The summed E-state index contributed by atoms with van der Waals surface area (Å²) in [6.45, 7) is 1.85. The third kappa shape index (κ3) is 3.80. The fraction of sp³-hybridized carbons (Fsp3) is 0.222. The molecule has 0 saturated carbocycles.